The predicted molar refractivity (Wildman–Crippen MR) is 128 cm³/mol. The van der Waals surface area contributed by atoms with Crippen LogP contribution in [-0.2, 0) is 26.2 Å². The van der Waals surface area contributed by atoms with E-state index in [1.54, 1.807) is 12.1 Å². The number of aryl methyl sites for hydroxylation is 1. The van der Waals surface area contributed by atoms with Gasteiger partial charge in [0.15, 0.2) is 0 Å². The molecule has 2 rings (SSSR count). The molecule has 0 bridgehead atoms. The zero-order chi connectivity index (χ0) is 24.1. The molecule has 1 aromatic heterocycles. The van der Waals surface area contributed by atoms with Gasteiger partial charge in [-0.15, -0.1) is 11.3 Å². The largest absolute Gasteiger partial charge is 0.350 e. The van der Waals surface area contributed by atoms with E-state index in [1.807, 2.05) is 59.1 Å². The Labute approximate surface area is 195 Å². The molecule has 0 spiro atoms. The van der Waals surface area contributed by atoms with Crippen LogP contribution < -0.4 is 10.0 Å². The summed E-state index contributed by atoms with van der Waals surface area (Å²) in [7, 11) is -3.86. The van der Waals surface area contributed by atoms with Crippen LogP contribution in [0.15, 0.2) is 46.7 Å². The van der Waals surface area contributed by atoms with Crippen molar-refractivity contribution in [2.75, 3.05) is 6.54 Å². The van der Waals surface area contributed by atoms with Gasteiger partial charge in [0.05, 0.1) is 18.0 Å². The van der Waals surface area contributed by atoms with E-state index >= 15 is 0 Å². The van der Waals surface area contributed by atoms with Gasteiger partial charge in [-0.2, -0.15) is 0 Å². The summed E-state index contributed by atoms with van der Waals surface area (Å²) in [6.07, 6.45) is 0. The lowest BCUT2D eigenvalue weighted by molar-refractivity contribution is -0.142. The monoisotopic (exact) mass is 479 g/mol. The van der Waals surface area contributed by atoms with Crippen molar-refractivity contribution < 1.29 is 18.0 Å². The predicted octanol–water partition coefficient (Wildman–Crippen LogP) is 3.30. The van der Waals surface area contributed by atoms with E-state index in [0.717, 1.165) is 10.4 Å². The molecule has 1 unspecified atom stereocenters. The molecule has 1 heterocycles. The summed E-state index contributed by atoms with van der Waals surface area (Å²) < 4.78 is 27.7. The van der Waals surface area contributed by atoms with Gasteiger partial charge < -0.3 is 10.2 Å². The van der Waals surface area contributed by atoms with Crippen molar-refractivity contribution >= 4 is 33.2 Å². The summed E-state index contributed by atoms with van der Waals surface area (Å²) in [6, 6.07) is 9.42. The number of rotatable bonds is 9. The first-order valence-corrected chi connectivity index (χ1v) is 12.9. The topological polar surface area (TPSA) is 95.6 Å². The lowest BCUT2D eigenvalue weighted by Crippen LogP contribution is -2.56. The molecule has 0 fully saturated rings. The molecule has 2 N–H and O–H groups in total. The number of hydrogen-bond donors (Lipinski definition) is 2. The van der Waals surface area contributed by atoms with Gasteiger partial charge in [-0.05, 0) is 57.2 Å². The summed E-state index contributed by atoms with van der Waals surface area (Å²) in [4.78, 5) is 28.8. The highest BCUT2D eigenvalue weighted by molar-refractivity contribution is 7.89. The minimum atomic E-state index is -3.86. The average Bonchev–Trinajstić information content (AvgIpc) is 3.17. The number of hydrogen-bond acceptors (Lipinski definition) is 5. The molecule has 1 atom stereocenters. The first kappa shape index (κ1) is 26.0. The molecule has 2 amide bonds. The number of benzene rings is 1. The molecule has 1 aromatic carbocycles. The highest BCUT2D eigenvalue weighted by Crippen LogP contribution is 2.20. The van der Waals surface area contributed by atoms with Crippen molar-refractivity contribution in [1.29, 1.82) is 0 Å². The van der Waals surface area contributed by atoms with Crippen molar-refractivity contribution in [3.8, 4) is 0 Å². The first-order chi connectivity index (χ1) is 14.8. The van der Waals surface area contributed by atoms with E-state index < -0.39 is 34.1 Å². The summed E-state index contributed by atoms with van der Waals surface area (Å²) in [6.45, 7) is 11.0. The molecule has 0 saturated carbocycles. The SMILES string of the molecule is Cc1ccc(S(=O)(=O)NCC(=O)N(Cc2cccs2)C(C(=O)NC(C)(C)C)C(C)C)cc1. The summed E-state index contributed by atoms with van der Waals surface area (Å²) in [5, 5.41) is 4.85. The lowest BCUT2D eigenvalue weighted by Gasteiger charge is -2.35. The molecule has 0 radical (unpaired) electrons. The molecule has 176 valence electrons. The van der Waals surface area contributed by atoms with Gasteiger partial charge in [-0.3, -0.25) is 9.59 Å². The Morgan fingerprint density at radius 3 is 2.22 bits per heavy atom. The van der Waals surface area contributed by atoms with E-state index in [2.05, 4.69) is 10.0 Å². The van der Waals surface area contributed by atoms with Crippen molar-refractivity contribution in [2.24, 2.45) is 5.92 Å². The van der Waals surface area contributed by atoms with Gasteiger partial charge in [0.2, 0.25) is 21.8 Å². The van der Waals surface area contributed by atoms with Gasteiger partial charge >= 0.3 is 0 Å². The second-order valence-corrected chi connectivity index (χ2v) is 12.0. The van der Waals surface area contributed by atoms with Crippen molar-refractivity contribution in [1.82, 2.24) is 14.9 Å². The van der Waals surface area contributed by atoms with Crippen molar-refractivity contribution in [3.05, 3.63) is 52.2 Å². The zero-order valence-corrected chi connectivity index (χ0v) is 21.1. The molecule has 32 heavy (non-hydrogen) atoms. The Balaban J connectivity index is 2.27. The Morgan fingerprint density at radius 2 is 1.72 bits per heavy atom. The molecule has 9 heteroatoms. The van der Waals surface area contributed by atoms with Crippen LogP contribution in [0.4, 0.5) is 0 Å². The zero-order valence-electron chi connectivity index (χ0n) is 19.5. The minimum absolute atomic E-state index is 0.0894. The lowest BCUT2D eigenvalue weighted by atomic mass is 9.99. The third-order valence-electron chi connectivity index (χ3n) is 4.71. The van der Waals surface area contributed by atoms with Gasteiger partial charge in [0, 0.05) is 10.4 Å². The number of nitrogens with zero attached hydrogens (tertiary/aromatic N) is 1. The number of thiophene rings is 1. The number of amides is 2. The number of nitrogens with one attached hydrogen (secondary N) is 2. The first-order valence-electron chi connectivity index (χ1n) is 10.5. The molecule has 0 saturated heterocycles. The number of sulfonamides is 1. The minimum Gasteiger partial charge on any atom is -0.350 e. The third kappa shape index (κ3) is 7.43. The van der Waals surface area contributed by atoms with Crippen LogP contribution in [0, 0.1) is 12.8 Å². The van der Waals surface area contributed by atoms with E-state index in [0.29, 0.717) is 0 Å². The van der Waals surface area contributed by atoms with Crippen molar-refractivity contribution in [2.45, 2.75) is 64.6 Å². The molecule has 0 aliphatic heterocycles. The summed E-state index contributed by atoms with van der Waals surface area (Å²) in [5.41, 5.74) is 0.473. The van der Waals surface area contributed by atoms with Gasteiger partial charge in [-0.25, -0.2) is 13.1 Å². The maximum Gasteiger partial charge on any atom is 0.243 e. The molecule has 7 nitrogen and oxygen atoms in total. The highest BCUT2D eigenvalue weighted by Gasteiger charge is 2.34. The van der Waals surface area contributed by atoms with Gasteiger partial charge in [0.25, 0.3) is 0 Å². The van der Waals surface area contributed by atoms with Crippen LogP contribution in [0.3, 0.4) is 0 Å². The van der Waals surface area contributed by atoms with E-state index in [1.165, 1.54) is 28.4 Å². The normalized spacial score (nSPS) is 13.1. The standard InChI is InChI=1S/C23H33N3O4S2/c1-16(2)21(22(28)25-23(4,5)6)26(15-18-8-7-13-31-18)20(27)14-24-32(29,30)19-11-9-17(3)10-12-19/h7-13,16,21,24H,14-15H2,1-6H3,(H,25,28). The number of carbonyl (C=O) groups is 2. The fraction of sp³-hybridized carbons (Fsp3) is 0.478. The van der Waals surface area contributed by atoms with Crippen LogP contribution in [0.1, 0.15) is 45.1 Å². The summed E-state index contributed by atoms with van der Waals surface area (Å²) >= 11 is 1.48. The Morgan fingerprint density at radius 1 is 1.09 bits per heavy atom. The van der Waals surface area contributed by atoms with Crippen LogP contribution >= 0.6 is 11.3 Å². The molecule has 0 aliphatic rings. The second kappa shape index (κ2) is 10.6. The summed E-state index contributed by atoms with van der Waals surface area (Å²) in [5.74, 6) is -0.898. The van der Waals surface area contributed by atoms with Gasteiger partial charge in [-0.1, -0.05) is 37.6 Å². The van der Waals surface area contributed by atoms with E-state index in [4.69, 9.17) is 0 Å². The van der Waals surface area contributed by atoms with Gasteiger partial charge in [0.1, 0.15) is 6.04 Å². The Kier molecular flexibility index (Phi) is 8.61. The third-order valence-corrected chi connectivity index (χ3v) is 6.98. The highest BCUT2D eigenvalue weighted by atomic mass is 32.2. The smallest absolute Gasteiger partial charge is 0.243 e. The number of carbonyl (C=O) groups excluding carboxylic acids is 2. The molecule has 2 aromatic rings. The molecular formula is C23H33N3O4S2. The van der Waals surface area contributed by atoms with Crippen LogP contribution in [0.5, 0.6) is 0 Å². The molecular weight excluding hydrogens is 446 g/mol. The van der Waals surface area contributed by atoms with Crippen LogP contribution in [0.2, 0.25) is 0 Å². The van der Waals surface area contributed by atoms with Crippen LogP contribution in [-0.4, -0.2) is 43.3 Å². The average molecular weight is 480 g/mol. The van der Waals surface area contributed by atoms with E-state index in [9.17, 15) is 18.0 Å². The fourth-order valence-corrected chi connectivity index (χ4v) is 4.90. The quantitative estimate of drug-likeness (QED) is 0.577. The Hall–Kier alpha value is -2.23. The Bertz CT molecular complexity index is 1010. The fourth-order valence-electron chi connectivity index (χ4n) is 3.22. The maximum absolute atomic E-state index is 13.2. The second-order valence-electron chi connectivity index (χ2n) is 9.17. The van der Waals surface area contributed by atoms with E-state index in [-0.39, 0.29) is 23.3 Å². The maximum atomic E-state index is 13.2. The van der Waals surface area contributed by atoms with Crippen LogP contribution in [0.25, 0.3) is 0 Å². The molecule has 0 aliphatic carbocycles. The van der Waals surface area contributed by atoms with Crippen molar-refractivity contribution in [3.63, 3.8) is 0 Å².